The van der Waals surface area contributed by atoms with Gasteiger partial charge in [0, 0.05) is 58.6 Å². The lowest BCUT2D eigenvalue weighted by molar-refractivity contribution is 0.100. The van der Waals surface area contributed by atoms with Gasteiger partial charge in [0.15, 0.2) is 12.0 Å². The number of benzene rings is 2. The minimum absolute atomic E-state index is 0.331. The Labute approximate surface area is 208 Å². The molecule has 178 valence electrons. The zero-order valence-corrected chi connectivity index (χ0v) is 20.6. The molecule has 2 heterocycles. The van der Waals surface area contributed by atoms with E-state index in [4.69, 9.17) is 38.7 Å². The molecule has 1 aliphatic heterocycles. The Kier molecular flexibility index (Phi) is 6.98. The van der Waals surface area contributed by atoms with Gasteiger partial charge in [-0.05, 0) is 50.2 Å². The van der Waals surface area contributed by atoms with Crippen molar-refractivity contribution in [2.45, 2.75) is 26.2 Å². The molecule has 6 nitrogen and oxygen atoms in total. The number of anilines is 2. The summed E-state index contributed by atoms with van der Waals surface area (Å²) in [7, 11) is 1.86. The average molecular weight is 503 g/mol. The highest BCUT2D eigenvalue weighted by Gasteiger charge is 2.47. The van der Waals surface area contributed by atoms with Gasteiger partial charge in [-0.3, -0.25) is 4.79 Å². The second-order valence-electron chi connectivity index (χ2n) is 7.99. The van der Waals surface area contributed by atoms with E-state index in [-0.39, 0.29) is 0 Å². The van der Waals surface area contributed by atoms with Crippen LogP contribution < -0.4 is 15.5 Å². The number of nitrogens with zero attached hydrogens (tertiary/aromatic N) is 3. The number of carbonyl (C=O) groups excluding carboxylic acids is 1. The van der Waals surface area contributed by atoms with Crippen LogP contribution in [0.15, 0.2) is 48.7 Å². The second kappa shape index (κ2) is 9.78. The van der Waals surface area contributed by atoms with E-state index in [2.05, 4.69) is 18.7 Å². The van der Waals surface area contributed by atoms with E-state index in [0.717, 1.165) is 24.3 Å². The molecule has 1 aliphatic rings. The first-order valence-electron chi connectivity index (χ1n) is 10.9. The smallest absolute Gasteiger partial charge is 0.248 e. The van der Waals surface area contributed by atoms with E-state index in [1.807, 2.05) is 18.0 Å². The fourth-order valence-electron chi connectivity index (χ4n) is 4.07. The van der Waals surface area contributed by atoms with Gasteiger partial charge in [-0.15, -0.1) is 0 Å². The molecule has 0 aliphatic carbocycles. The molecule has 2 N–H and O–H groups in total. The summed E-state index contributed by atoms with van der Waals surface area (Å²) in [5.74, 6) is -0.255. The van der Waals surface area contributed by atoms with E-state index in [9.17, 15) is 9.18 Å². The second-order valence-corrected chi connectivity index (χ2v) is 8.81. The Hall–Kier alpha value is -2.87. The first-order chi connectivity index (χ1) is 16.3. The number of aromatic nitrogens is 1. The number of hydrogen-bond donors (Lipinski definition) is 1. The van der Waals surface area contributed by atoms with Crippen LogP contribution in [-0.4, -0.2) is 37.3 Å². The van der Waals surface area contributed by atoms with Crippen molar-refractivity contribution in [2.24, 2.45) is 5.73 Å². The summed E-state index contributed by atoms with van der Waals surface area (Å²) in [4.78, 5) is 20.4. The third-order valence-corrected chi connectivity index (χ3v) is 6.64. The molecule has 1 saturated heterocycles. The molecule has 2 aromatic carbocycles. The highest BCUT2D eigenvalue weighted by molar-refractivity contribution is 6.33. The maximum atomic E-state index is 14.4. The molecule has 1 fully saturated rings. The molecular weight excluding hydrogens is 478 g/mol. The number of ether oxygens (including phenoxy) is 1. The van der Waals surface area contributed by atoms with Gasteiger partial charge in [0.2, 0.25) is 5.91 Å². The molecule has 0 radical (unpaired) electrons. The number of nitrogens with two attached hydrogens (primary N) is 1. The van der Waals surface area contributed by atoms with Gasteiger partial charge in [0.1, 0.15) is 11.9 Å². The molecule has 0 spiro atoms. The van der Waals surface area contributed by atoms with Crippen molar-refractivity contribution in [3.05, 3.63) is 75.7 Å². The fourth-order valence-corrected chi connectivity index (χ4v) is 4.57. The molecule has 1 aromatic heterocycles. The highest BCUT2D eigenvalue weighted by atomic mass is 35.5. The van der Waals surface area contributed by atoms with Crippen LogP contribution in [0.2, 0.25) is 10.0 Å². The Balaban J connectivity index is 1.73. The van der Waals surface area contributed by atoms with Crippen molar-refractivity contribution < 1.29 is 13.9 Å². The highest BCUT2D eigenvalue weighted by Crippen LogP contribution is 2.47. The summed E-state index contributed by atoms with van der Waals surface area (Å²) in [6, 6.07) is 11.5. The van der Waals surface area contributed by atoms with Crippen LogP contribution in [0.1, 0.15) is 35.9 Å². The van der Waals surface area contributed by atoms with Crippen molar-refractivity contribution in [2.75, 3.05) is 29.9 Å². The molecule has 0 bridgehead atoms. The summed E-state index contributed by atoms with van der Waals surface area (Å²) >= 11 is 12.7. The number of amides is 1. The SMILES string of the molecule is CCN(CC)c1cc(-c2cc(C(N)=O)ccc2Cl)cnc1N(C)C1OC1c1c(F)cccc1Cl. The lowest BCUT2D eigenvalue weighted by Crippen LogP contribution is -2.29. The average Bonchev–Trinajstić information content (AvgIpc) is 3.60. The predicted octanol–water partition coefficient (Wildman–Crippen LogP) is 5.67. The monoisotopic (exact) mass is 502 g/mol. The Morgan fingerprint density at radius 2 is 1.88 bits per heavy atom. The number of hydrogen-bond acceptors (Lipinski definition) is 5. The number of rotatable bonds is 8. The van der Waals surface area contributed by atoms with Crippen LogP contribution in [0.4, 0.5) is 15.9 Å². The van der Waals surface area contributed by atoms with Crippen molar-refractivity contribution in [1.29, 1.82) is 0 Å². The lowest BCUT2D eigenvalue weighted by atomic mass is 10.0. The molecule has 2 atom stereocenters. The minimum Gasteiger partial charge on any atom is -0.369 e. The van der Waals surface area contributed by atoms with E-state index in [1.54, 1.807) is 36.5 Å². The van der Waals surface area contributed by atoms with Crippen molar-refractivity contribution in [3.63, 3.8) is 0 Å². The Bertz CT molecular complexity index is 1220. The first-order valence-corrected chi connectivity index (χ1v) is 11.7. The van der Waals surface area contributed by atoms with Crippen LogP contribution in [0, 0.1) is 5.82 Å². The number of carbonyl (C=O) groups is 1. The molecule has 34 heavy (non-hydrogen) atoms. The third kappa shape index (κ3) is 4.56. The van der Waals surface area contributed by atoms with Crippen molar-refractivity contribution >= 4 is 40.6 Å². The maximum Gasteiger partial charge on any atom is 0.248 e. The number of likely N-dealkylation sites (N-methyl/N-ethyl adjacent to an activating group) is 1. The minimum atomic E-state index is -0.532. The van der Waals surface area contributed by atoms with Crippen LogP contribution in [-0.2, 0) is 4.74 Å². The van der Waals surface area contributed by atoms with Gasteiger partial charge in [-0.1, -0.05) is 29.3 Å². The van der Waals surface area contributed by atoms with Crippen molar-refractivity contribution in [1.82, 2.24) is 4.98 Å². The Morgan fingerprint density at radius 1 is 1.15 bits per heavy atom. The molecule has 0 saturated carbocycles. The molecule has 2 unspecified atom stereocenters. The fraction of sp³-hybridized carbons (Fsp3) is 0.280. The molecule has 4 rings (SSSR count). The summed E-state index contributed by atoms with van der Waals surface area (Å²) in [6.07, 6.45) is 0.786. The topological polar surface area (TPSA) is 75.0 Å². The van der Waals surface area contributed by atoms with Gasteiger partial charge in [-0.25, -0.2) is 9.37 Å². The van der Waals surface area contributed by atoms with E-state index in [0.29, 0.717) is 32.6 Å². The molecule has 1 amide bonds. The standard InChI is InChI=1S/C25H25Cl2FN4O2/c1-4-32(5-2)20-12-15(16-11-14(23(29)33)9-10-17(16)26)13-30-24(20)31(3)25-22(34-25)21-18(27)7-6-8-19(21)28/h6-13,22,25H,4-5H2,1-3H3,(H2,29,33). The summed E-state index contributed by atoms with van der Waals surface area (Å²) in [6.45, 7) is 5.59. The normalized spacial score (nSPS) is 16.9. The number of pyridine rings is 1. The number of halogens is 3. The van der Waals surface area contributed by atoms with E-state index < -0.39 is 24.1 Å². The predicted molar refractivity (Wildman–Crippen MR) is 134 cm³/mol. The molecule has 9 heteroatoms. The maximum absolute atomic E-state index is 14.4. The summed E-state index contributed by atoms with van der Waals surface area (Å²) < 4.78 is 20.2. The van der Waals surface area contributed by atoms with Crippen LogP contribution in [0.5, 0.6) is 0 Å². The zero-order chi connectivity index (χ0) is 24.6. The quantitative estimate of drug-likeness (QED) is 0.401. The van der Waals surface area contributed by atoms with Crippen molar-refractivity contribution in [3.8, 4) is 11.1 Å². The van der Waals surface area contributed by atoms with Gasteiger partial charge in [0.05, 0.1) is 5.69 Å². The van der Waals surface area contributed by atoms with Crippen LogP contribution >= 0.6 is 23.2 Å². The van der Waals surface area contributed by atoms with E-state index >= 15 is 0 Å². The first kappa shape index (κ1) is 24.3. The van der Waals surface area contributed by atoms with Gasteiger partial charge in [-0.2, -0.15) is 0 Å². The van der Waals surface area contributed by atoms with E-state index in [1.165, 1.54) is 6.07 Å². The Morgan fingerprint density at radius 3 is 2.53 bits per heavy atom. The summed E-state index contributed by atoms with van der Waals surface area (Å²) in [5.41, 5.74) is 8.43. The number of primary amides is 1. The van der Waals surface area contributed by atoms with Crippen LogP contribution in [0.3, 0.4) is 0 Å². The lowest BCUT2D eigenvalue weighted by Gasteiger charge is -2.28. The summed E-state index contributed by atoms with van der Waals surface area (Å²) in [5, 5.41) is 0.815. The molecular formula is C25H25Cl2FN4O2. The number of epoxide rings is 1. The van der Waals surface area contributed by atoms with Gasteiger partial charge in [0.25, 0.3) is 0 Å². The van der Waals surface area contributed by atoms with Crippen LogP contribution in [0.25, 0.3) is 11.1 Å². The zero-order valence-electron chi connectivity index (χ0n) is 19.1. The molecule has 3 aromatic rings. The largest absolute Gasteiger partial charge is 0.369 e. The van der Waals surface area contributed by atoms with Gasteiger partial charge >= 0.3 is 0 Å². The van der Waals surface area contributed by atoms with Gasteiger partial charge < -0.3 is 20.3 Å². The third-order valence-electron chi connectivity index (χ3n) is 5.98.